The molecule has 0 bridgehead atoms. The fourth-order valence-electron chi connectivity index (χ4n) is 2.94. The van der Waals surface area contributed by atoms with Gasteiger partial charge in [0.05, 0.1) is 11.9 Å². The first-order valence-electron chi connectivity index (χ1n) is 8.63. The summed E-state index contributed by atoms with van der Waals surface area (Å²) in [5.74, 6) is 0.850. The number of aryl methyl sites for hydroxylation is 3. The minimum atomic E-state index is -0.373. The zero-order valence-electron chi connectivity index (χ0n) is 15.6. The normalized spacial score (nSPS) is 11.0. The van der Waals surface area contributed by atoms with Gasteiger partial charge in [-0.05, 0) is 44.0 Å². The summed E-state index contributed by atoms with van der Waals surface area (Å²) in [7, 11) is 0. The first-order valence-corrected chi connectivity index (χ1v) is 8.63. The van der Waals surface area contributed by atoms with E-state index in [1.807, 2.05) is 26.0 Å². The molecule has 1 amide bonds. The Morgan fingerprint density at radius 3 is 2.64 bits per heavy atom. The van der Waals surface area contributed by atoms with Crippen LogP contribution in [0.1, 0.15) is 16.9 Å². The highest BCUT2D eigenvalue weighted by Gasteiger charge is 2.14. The van der Waals surface area contributed by atoms with Gasteiger partial charge in [-0.25, -0.2) is 14.6 Å². The summed E-state index contributed by atoms with van der Waals surface area (Å²) in [5, 5.41) is 11.3. The maximum absolute atomic E-state index is 12.1. The monoisotopic (exact) mass is 378 g/mol. The number of aromatic nitrogens is 5. The second-order valence-corrected chi connectivity index (χ2v) is 6.48. The van der Waals surface area contributed by atoms with Crippen molar-refractivity contribution in [3.05, 3.63) is 53.7 Å². The van der Waals surface area contributed by atoms with Crippen molar-refractivity contribution in [3.63, 3.8) is 0 Å². The molecule has 0 unspecified atom stereocenters. The third kappa shape index (κ3) is 3.54. The lowest BCUT2D eigenvalue weighted by atomic mass is 10.1. The molecule has 1 N–H and O–H groups in total. The Labute approximate surface area is 160 Å². The molecular formula is C19H18N6O3. The van der Waals surface area contributed by atoms with Crippen LogP contribution in [-0.2, 0) is 4.79 Å². The molecule has 0 aliphatic carbocycles. The predicted octanol–water partition coefficient (Wildman–Crippen LogP) is 2.75. The number of anilines is 1. The molecule has 4 rings (SSSR count). The largest absolute Gasteiger partial charge is 0.467 e. The van der Waals surface area contributed by atoms with Gasteiger partial charge < -0.3 is 14.6 Å². The van der Waals surface area contributed by atoms with Crippen LogP contribution in [0.4, 0.5) is 5.82 Å². The highest BCUT2D eigenvalue weighted by atomic mass is 16.5. The third-order valence-corrected chi connectivity index (χ3v) is 4.02. The Hall–Kier alpha value is -3.75. The molecule has 3 aromatic heterocycles. The molecule has 9 nitrogen and oxygen atoms in total. The number of nitrogens with one attached hydrogen (secondary N) is 1. The van der Waals surface area contributed by atoms with Gasteiger partial charge in [0.1, 0.15) is 17.5 Å². The summed E-state index contributed by atoms with van der Waals surface area (Å²) >= 11 is 0. The Balaban J connectivity index is 1.55. The van der Waals surface area contributed by atoms with Crippen molar-refractivity contribution in [1.82, 2.24) is 24.9 Å². The van der Waals surface area contributed by atoms with Gasteiger partial charge in [-0.15, -0.1) is 0 Å². The Morgan fingerprint density at radius 1 is 1.14 bits per heavy atom. The summed E-state index contributed by atoms with van der Waals surface area (Å²) in [4.78, 5) is 20.5. The number of ether oxygens (including phenoxy) is 1. The Bertz CT molecular complexity index is 1140. The van der Waals surface area contributed by atoms with E-state index < -0.39 is 0 Å². The first kappa shape index (κ1) is 17.7. The SMILES string of the molecule is Cc1cc(C)cc(-n2ncc3c(OCC(=O)Nc4cc(C)on4)ncnc32)c1. The number of hydrogen-bond donors (Lipinski definition) is 1. The van der Waals surface area contributed by atoms with E-state index in [4.69, 9.17) is 9.26 Å². The van der Waals surface area contributed by atoms with Crippen molar-refractivity contribution in [2.45, 2.75) is 20.8 Å². The summed E-state index contributed by atoms with van der Waals surface area (Å²) in [6.45, 7) is 5.57. The molecule has 0 saturated heterocycles. The van der Waals surface area contributed by atoms with Crippen LogP contribution in [0.15, 0.2) is 41.3 Å². The lowest BCUT2D eigenvalue weighted by Gasteiger charge is -2.07. The van der Waals surface area contributed by atoms with E-state index in [2.05, 4.69) is 31.6 Å². The van der Waals surface area contributed by atoms with Gasteiger partial charge in [0.15, 0.2) is 18.1 Å². The molecule has 1 aromatic carbocycles. The maximum atomic E-state index is 12.1. The molecule has 142 valence electrons. The molecule has 0 radical (unpaired) electrons. The van der Waals surface area contributed by atoms with Gasteiger partial charge in [0.2, 0.25) is 5.88 Å². The van der Waals surface area contributed by atoms with Gasteiger partial charge in [0.25, 0.3) is 5.91 Å². The van der Waals surface area contributed by atoms with Gasteiger partial charge in [-0.1, -0.05) is 11.2 Å². The van der Waals surface area contributed by atoms with Gasteiger partial charge >= 0.3 is 0 Å². The highest BCUT2D eigenvalue weighted by molar-refractivity contribution is 5.91. The van der Waals surface area contributed by atoms with E-state index in [9.17, 15) is 4.79 Å². The van der Waals surface area contributed by atoms with Crippen LogP contribution in [0.25, 0.3) is 16.7 Å². The molecule has 0 aliphatic heterocycles. The molecule has 0 aliphatic rings. The third-order valence-electron chi connectivity index (χ3n) is 4.02. The van der Waals surface area contributed by atoms with Crippen molar-refractivity contribution < 1.29 is 14.1 Å². The standard InChI is InChI=1S/C19H18N6O3/c1-11-4-12(2)6-14(5-11)25-18-15(8-22-25)19(21-10-20-18)27-9-17(26)23-16-7-13(3)28-24-16/h4-8,10H,9H2,1-3H3,(H,23,24,26). The van der Waals surface area contributed by atoms with Gasteiger partial charge in [-0.3, -0.25) is 4.79 Å². The molecule has 0 atom stereocenters. The second-order valence-electron chi connectivity index (χ2n) is 6.48. The fraction of sp³-hybridized carbons (Fsp3) is 0.211. The highest BCUT2D eigenvalue weighted by Crippen LogP contribution is 2.24. The summed E-state index contributed by atoms with van der Waals surface area (Å²) in [6, 6.07) is 7.76. The van der Waals surface area contributed by atoms with E-state index >= 15 is 0 Å². The molecular weight excluding hydrogens is 360 g/mol. The van der Waals surface area contributed by atoms with Crippen LogP contribution in [0.5, 0.6) is 5.88 Å². The molecule has 4 aromatic rings. The minimum absolute atomic E-state index is 0.229. The van der Waals surface area contributed by atoms with E-state index in [0.29, 0.717) is 22.6 Å². The van der Waals surface area contributed by atoms with Crippen LogP contribution in [-0.4, -0.2) is 37.4 Å². The lowest BCUT2D eigenvalue weighted by Crippen LogP contribution is -2.20. The van der Waals surface area contributed by atoms with Crippen LogP contribution in [0.3, 0.4) is 0 Å². The maximum Gasteiger partial charge on any atom is 0.263 e. The molecule has 0 saturated carbocycles. The van der Waals surface area contributed by atoms with Crippen LogP contribution >= 0.6 is 0 Å². The average molecular weight is 378 g/mol. The number of rotatable bonds is 5. The number of fused-ring (bicyclic) bond motifs is 1. The zero-order chi connectivity index (χ0) is 19.7. The zero-order valence-corrected chi connectivity index (χ0v) is 15.6. The topological polar surface area (TPSA) is 108 Å². The quantitative estimate of drug-likeness (QED) is 0.569. The molecule has 3 heterocycles. The van der Waals surface area contributed by atoms with Crippen molar-refractivity contribution in [1.29, 1.82) is 0 Å². The predicted molar refractivity (Wildman–Crippen MR) is 101 cm³/mol. The summed E-state index contributed by atoms with van der Waals surface area (Å²) in [5.41, 5.74) is 3.76. The number of amides is 1. The number of benzene rings is 1. The Morgan fingerprint density at radius 2 is 1.93 bits per heavy atom. The van der Waals surface area contributed by atoms with Gasteiger partial charge in [0, 0.05) is 6.07 Å². The Kier molecular flexibility index (Phi) is 4.48. The number of hydrogen-bond acceptors (Lipinski definition) is 7. The smallest absolute Gasteiger partial charge is 0.263 e. The minimum Gasteiger partial charge on any atom is -0.467 e. The van der Waals surface area contributed by atoms with Crippen molar-refractivity contribution in [3.8, 4) is 11.6 Å². The van der Waals surface area contributed by atoms with Crippen LogP contribution in [0.2, 0.25) is 0 Å². The van der Waals surface area contributed by atoms with Gasteiger partial charge in [-0.2, -0.15) is 5.10 Å². The number of carbonyl (C=O) groups excluding carboxylic acids is 1. The molecule has 9 heteroatoms. The van der Waals surface area contributed by atoms with E-state index in [1.54, 1.807) is 23.9 Å². The average Bonchev–Trinajstić information content (AvgIpc) is 3.25. The number of nitrogens with zero attached hydrogens (tertiary/aromatic N) is 5. The summed E-state index contributed by atoms with van der Waals surface area (Å²) in [6.07, 6.45) is 3.01. The molecule has 28 heavy (non-hydrogen) atoms. The van der Waals surface area contributed by atoms with Crippen molar-refractivity contribution in [2.24, 2.45) is 0 Å². The van der Waals surface area contributed by atoms with Crippen LogP contribution < -0.4 is 10.1 Å². The van der Waals surface area contributed by atoms with E-state index in [1.165, 1.54) is 6.33 Å². The number of carbonyl (C=O) groups is 1. The lowest BCUT2D eigenvalue weighted by molar-refractivity contribution is -0.118. The van der Waals surface area contributed by atoms with Crippen molar-refractivity contribution >= 4 is 22.8 Å². The summed E-state index contributed by atoms with van der Waals surface area (Å²) < 4.78 is 12.2. The van der Waals surface area contributed by atoms with E-state index in [-0.39, 0.29) is 18.4 Å². The molecule has 0 fully saturated rings. The van der Waals surface area contributed by atoms with Crippen molar-refractivity contribution in [2.75, 3.05) is 11.9 Å². The van der Waals surface area contributed by atoms with E-state index in [0.717, 1.165) is 16.8 Å². The fourth-order valence-corrected chi connectivity index (χ4v) is 2.94. The first-order chi connectivity index (χ1) is 13.5. The second kappa shape index (κ2) is 7.10. The van der Waals surface area contributed by atoms with Crippen LogP contribution in [0, 0.1) is 20.8 Å². The molecule has 0 spiro atoms.